The molecule has 0 radical (unpaired) electrons. The van der Waals surface area contributed by atoms with Gasteiger partial charge in [0.25, 0.3) is 0 Å². The minimum atomic E-state index is 0.150. The van der Waals surface area contributed by atoms with E-state index >= 15 is 0 Å². The number of thioether (sulfide) groups is 1. The lowest BCUT2D eigenvalue weighted by molar-refractivity contribution is 0.281. The van der Waals surface area contributed by atoms with Crippen molar-refractivity contribution >= 4 is 11.8 Å². The van der Waals surface area contributed by atoms with E-state index in [0.29, 0.717) is 0 Å². The van der Waals surface area contributed by atoms with Crippen LogP contribution in [0, 0.1) is 0 Å². The number of hydrogen-bond donors (Lipinski definition) is 2. The molecule has 0 saturated carbocycles. The standard InChI is InChI=1S/C9H21NOS/c1-3-5-6-12-9(7-11)8(10)4-2/h8-9,11H,3-7,10H2,1-2H3. The van der Waals surface area contributed by atoms with Crippen molar-refractivity contribution in [1.82, 2.24) is 0 Å². The Morgan fingerprint density at radius 3 is 2.50 bits per heavy atom. The summed E-state index contributed by atoms with van der Waals surface area (Å²) in [5, 5.41) is 9.26. The van der Waals surface area contributed by atoms with Crippen LogP contribution in [0.25, 0.3) is 0 Å². The smallest absolute Gasteiger partial charge is 0.0565 e. The Kier molecular flexibility index (Phi) is 8.07. The van der Waals surface area contributed by atoms with E-state index in [0.717, 1.165) is 12.2 Å². The van der Waals surface area contributed by atoms with Gasteiger partial charge in [0.2, 0.25) is 0 Å². The van der Waals surface area contributed by atoms with Crippen LogP contribution in [-0.4, -0.2) is 28.8 Å². The molecular formula is C9H21NOS. The lowest BCUT2D eigenvalue weighted by atomic mass is 10.2. The van der Waals surface area contributed by atoms with Crippen molar-refractivity contribution in [1.29, 1.82) is 0 Å². The maximum Gasteiger partial charge on any atom is 0.0565 e. The maximum absolute atomic E-state index is 9.03. The van der Waals surface area contributed by atoms with Gasteiger partial charge in [0.15, 0.2) is 0 Å². The van der Waals surface area contributed by atoms with Crippen molar-refractivity contribution in [2.45, 2.75) is 44.4 Å². The van der Waals surface area contributed by atoms with E-state index in [1.165, 1.54) is 12.8 Å². The maximum atomic E-state index is 9.03. The molecule has 0 rings (SSSR count). The average molecular weight is 191 g/mol. The SMILES string of the molecule is CCCCSC(CO)C(N)CC. The molecule has 0 heterocycles. The minimum absolute atomic E-state index is 0.150. The van der Waals surface area contributed by atoms with E-state index in [-0.39, 0.29) is 17.9 Å². The van der Waals surface area contributed by atoms with Crippen LogP contribution in [0.5, 0.6) is 0 Å². The summed E-state index contributed by atoms with van der Waals surface area (Å²) in [5.74, 6) is 1.12. The van der Waals surface area contributed by atoms with E-state index in [9.17, 15) is 0 Å². The van der Waals surface area contributed by atoms with Gasteiger partial charge in [-0.2, -0.15) is 11.8 Å². The van der Waals surface area contributed by atoms with Gasteiger partial charge in [0, 0.05) is 11.3 Å². The number of hydrogen-bond acceptors (Lipinski definition) is 3. The van der Waals surface area contributed by atoms with Gasteiger partial charge in [-0.3, -0.25) is 0 Å². The number of aliphatic hydroxyl groups excluding tert-OH is 1. The van der Waals surface area contributed by atoms with Gasteiger partial charge >= 0.3 is 0 Å². The molecule has 0 aromatic carbocycles. The Balaban J connectivity index is 3.52. The van der Waals surface area contributed by atoms with Gasteiger partial charge in [-0.25, -0.2) is 0 Å². The minimum Gasteiger partial charge on any atom is -0.395 e. The fourth-order valence-corrected chi connectivity index (χ4v) is 2.26. The second kappa shape index (κ2) is 7.90. The topological polar surface area (TPSA) is 46.2 Å². The molecule has 0 bridgehead atoms. The summed E-state index contributed by atoms with van der Waals surface area (Å²) >= 11 is 1.80. The molecule has 12 heavy (non-hydrogen) atoms. The van der Waals surface area contributed by atoms with Gasteiger partial charge in [-0.1, -0.05) is 20.3 Å². The highest BCUT2D eigenvalue weighted by Gasteiger charge is 2.14. The molecule has 2 nitrogen and oxygen atoms in total. The van der Waals surface area contributed by atoms with Crippen LogP contribution in [0.3, 0.4) is 0 Å². The highest BCUT2D eigenvalue weighted by Crippen LogP contribution is 2.16. The normalized spacial score (nSPS) is 16.0. The van der Waals surface area contributed by atoms with Crippen LogP contribution in [0.4, 0.5) is 0 Å². The van der Waals surface area contributed by atoms with Gasteiger partial charge in [0.05, 0.1) is 6.61 Å². The summed E-state index contributed by atoms with van der Waals surface area (Å²) in [6, 6.07) is 0.150. The van der Waals surface area contributed by atoms with Crippen LogP contribution in [0.1, 0.15) is 33.1 Å². The molecule has 74 valence electrons. The molecule has 0 amide bonds. The van der Waals surface area contributed by atoms with Gasteiger partial charge in [-0.05, 0) is 18.6 Å². The van der Waals surface area contributed by atoms with Crippen LogP contribution in [0.2, 0.25) is 0 Å². The van der Waals surface area contributed by atoms with Crippen molar-refractivity contribution in [3.63, 3.8) is 0 Å². The molecule has 0 aliphatic rings. The predicted octanol–water partition coefficient (Wildman–Crippen LogP) is 1.62. The molecular weight excluding hydrogens is 170 g/mol. The summed E-state index contributed by atoms with van der Waals surface area (Å²) in [7, 11) is 0. The largest absolute Gasteiger partial charge is 0.395 e. The van der Waals surface area contributed by atoms with E-state index in [1.54, 1.807) is 11.8 Å². The molecule has 0 aromatic rings. The molecule has 3 heteroatoms. The first-order valence-electron chi connectivity index (χ1n) is 4.74. The van der Waals surface area contributed by atoms with Gasteiger partial charge in [0.1, 0.15) is 0 Å². The van der Waals surface area contributed by atoms with Crippen LogP contribution in [-0.2, 0) is 0 Å². The summed E-state index contributed by atoms with van der Waals surface area (Å²) < 4.78 is 0. The van der Waals surface area contributed by atoms with E-state index in [4.69, 9.17) is 10.8 Å². The second-order valence-electron chi connectivity index (χ2n) is 3.02. The quantitative estimate of drug-likeness (QED) is 0.601. The Labute approximate surface area is 79.9 Å². The summed E-state index contributed by atoms with van der Waals surface area (Å²) in [5.41, 5.74) is 5.83. The third kappa shape index (κ3) is 5.01. The van der Waals surface area contributed by atoms with Crippen molar-refractivity contribution in [3.05, 3.63) is 0 Å². The lowest BCUT2D eigenvalue weighted by Crippen LogP contribution is -2.34. The Hall–Kier alpha value is 0.270. The summed E-state index contributed by atoms with van der Waals surface area (Å²) in [6.45, 7) is 4.45. The lowest BCUT2D eigenvalue weighted by Gasteiger charge is -2.19. The van der Waals surface area contributed by atoms with E-state index in [1.807, 2.05) is 0 Å². The predicted molar refractivity (Wildman–Crippen MR) is 56.5 cm³/mol. The van der Waals surface area contributed by atoms with Crippen molar-refractivity contribution in [2.75, 3.05) is 12.4 Å². The molecule has 0 spiro atoms. The van der Waals surface area contributed by atoms with E-state index in [2.05, 4.69) is 13.8 Å². The Morgan fingerprint density at radius 2 is 2.08 bits per heavy atom. The third-order valence-electron chi connectivity index (χ3n) is 1.96. The van der Waals surface area contributed by atoms with Gasteiger partial charge in [-0.15, -0.1) is 0 Å². The first-order valence-corrected chi connectivity index (χ1v) is 5.79. The van der Waals surface area contributed by atoms with Crippen molar-refractivity contribution in [3.8, 4) is 0 Å². The highest BCUT2D eigenvalue weighted by atomic mass is 32.2. The molecule has 0 fully saturated rings. The molecule has 0 aliphatic heterocycles. The zero-order valence-electron chi connectivity index (χ0n) is 8.12. The zero-order chi connectivity index (χ0) is 9.40. The Bertz CT molecular complexity index is 101. The third-order valence-corrected chi connectivity index (χ3v) is 3.41. The monoisotopic (exact) mass is 191 g/mol. The summed E-state index contributed by atoms with van der Waals surface area (Å²) in [4.78, 5) is 0. The van der Waals surface area contributed by atoms with Gasteiger partial charge < -0.3 is 10.8 Å². The first-order chi connectivity index (χ1) is 5.76. The number of nitrogens with two attached hydrogens (primary N) is 1. The van der Waals surface area contributed by atoms with Crippen molar-refractivity contribution in [2.24, 2.45) is 5.73 Å². The molecule has 3 N–H and O–H groups in total. The molecule has 2 unspecified atom stereocenters. The Morgan fingerprint density at radius 1 is 1.42 bits per heavy atom. The highest BCUT2D eigenvalue weighted by molar-refractivity contribution is 7.99. The molecule has 0 aliphatic carbocycles. The van der Waals surface area contributed by atoms with Crippen LogP contribution < -0.4 is 5.73 Å². The molecule has 0 aromatic heterocycles. The molecule has 2 atom stereocenters. The zero-order valence-corrected chi connectivity index (χ0v) is 8.94. The average Bonchev–Trinajstić information content (AvgIpc) is 2.11. The van der Waals surface area contributed by atoms with Crippen molar-refractivity contribution < 1.29 is 5.11 Å². The first kappa shape index (κ1) is 12.3. The van der Waals surface area contributed by atoms with Crippen LogP contribution >= 0.6 is 11.8 Å². The number of rotatable bonds is 7. The molecule has 0 saturated heterocycles. The number of unbranched alkanes of at least 4 members (excludes halogenated alkanes) is 1. The van der Waals surface area contributed by atoms with E-state index < -0.39 is 0 Å². The second-order valence-corrected chi connectivity index (χ2v) is 4.36. The van der Waals surface area contributed by atoms with Crippen LogP contribution in [0.15, 0.2) is 0 Å². The fourth-order valence-electron chi connectivity index (χ4n) is 0.954. The summed E-state index contributed by atoms with van der Waals surface area (Å²) in [6.07, 6.45) is 3.38. The number of aliphatic hydroxyl groups is 1. The fraction of sp³-hybridized carbons (Fsp3) is 1.00.